The first-order valence-corrected chi connectivity index (χ1v) is 7.86. The highest BCUT2D eigenvalue weighted by atomic mass is 35.5. The Balaban J connectivity index is 1.89. The second-order valence-electron chi connectivity index (χ2n) is 5.37. The van der Waals surface area contributed by atoms with Gasteiger partial charge in [0.05, 0.1) is 30.1 Å². The summed E-state index contributed by atoms with van der Waals surface area (Å²) in [6.07, 6.45) is 3.97. The van der Waals surface area contributed by atoms with Gasteiger partial charge >= 0.3 is 5.97 Å². The highest BCUT2D eigenvalue weighted by Gasteiger charge is 2.31. The van der Waals surface area contributed by atoms with E-state index in [0.29, 0.717) is 19.5 Å². The summed E-state index contributed by atoms with van der Waals surface area (Å²) in [7, 11) is 0. The Morgan fingerprint density at radius 1 is 1.50 bits per heavy atom. The van der Waals surface area contributed by atoms with Crippen molar-refractivity contribution in [2.45, 2.75) is 19.4 Å². The molecule has 1 aliphatic rings. The van der Waals surface area contributed by atoms with E-state index in [1.165, 1.54) is 0 Å². The lowest BCUT2D eigenvalue weighted by Crippen LogP contribution is -2.23. The van der Waals surface area contributed by atoms with Crippen LogP contribution in [0.5, 0.6) is 0 Å². The van der Waals surface area contributed by atoms with E-state index in [4.69, 9.17) is 16.3 Å². The van der Waals surface area contributed by atoms with Crippen molar-refractivity contribution >= 4 is 23.3 Å². The lowest BCUT2D eigenvalue weighted by molar-refractivity contribution is 0.0520. The minimum Gasteiger partial charge on any atom is -0.462 e. The number of rotatable bonds is 4. The number of nitrogens with zero attached hydrogens (tertiary/aromatic N) is 4. The first-order valence-electron chi connectivity index (χ1n) is 7.48. The predicted octanol–water partition coefficient (Wildman–Crippen LogP) is 2.84. The van der Waals surface area contributed by atoms with Crippen molar-refractivity contribution in [2.24, 2.45) is 0 Å². The minimum atomic E-state index is -0.976. The average Bonchev–Trinajstić information content (AvgIpc) is 3.22. The van der Waals surface area contributed by atoms with Crippen molar-refractivity contribution in [1.29, 1.82) is 0 Å². The number of anilines is 1. The van der Waals surface area contributed by atoms with Gasteiger partial charge in [0.1, 0.15) is 10.8 Å². The van der Waals surface area contributed by atoms with Gasteiger partial charge in [0.25, 0.3) is 0 Å². The summed E-state index contributed by atoms with van der Waals surface area (Å²) in [5, 5.41) is 7.25. The van der Waals surface area contributed by atoms with E-state index >= 15 is 0 Å². The van der Waals surface area contributed by atoms with Crippen LogP contribution in [0.2, 0.25) is 5.02 Å². The Kier molecular flexibility index (Phi) is 4.66. The van der Waals surface area contributed by atoms with E-state index < -0.39 is 28.2 Å². The topological polar surface area (TPSA) is 60.2 Å². The molecule has 1 atom stereocenters. The Bertz CT molecular complexity index is 754. The van der Waals surface area contributed by atoms with Crippen LogP contribution in [0.25, 0.3) is 0 Å². The highest BCUT2D eigenvalue weighted by Crippen LogP contribution is 2.37. The van der Waals surface area contributed by atoms with Crippen molar-refractivity contribution in [2.75, 3.05) is 24.6 Å². The number of benzene rings is 1. The van der Waals surface area contributed by atoms with Crippen molar-refractivity contribution in [3.63, 3.8) is 0 Å². The summed E-state index contributed by atoms with van der Waals surface area (Å²) >= 11 is 6.00. The average molecular weight is 357 g/mol. The number of hydrogen-bond donors (Lipinski definition) is 0. The fourth-order valence-electron chi connectivity index (χ4n) is 2.81. The molecule has 1 aromatic heterocycles. The molecule has 0 aliphatic carbocycles. The van der Waals surface area contributed by atoms with Crippen LogP contribution in [0.1, 0.15) is 29.7 Å². The normalized spacial score (nSPS) is 17.3. The highest BCUT2D eigenvalue weighted by molar-refractivity contribution is 6.33. The molecule has 2 aromatic rings. The number of carbonyl (C=O) groups is 1. The maximum Gasteiger partial charge on any atom is 0.341 e. The maximum absolute atomic E-state index is 14.5. The molecule has 0 unspecified atom stereocenters. The Hall–Kier alpha value is -2.22. The number of carbonyl (C=O) groups excluding carboxylic acids is 1. The minimum absolute atomic E-state index is 0.00392. The van der Waals surface area contributed by atoms with Gasteiger partial charge in [-0.1, -0.05) is 16.8 Å². The third-order valence-electron chi connectivity index (χ3n) is 3.92. The van der Waals surface area contributed by atoms with Gasteiger partial charge in [0, 0.05) is 19.3 Å². The zero-order chi connectivity index (χ0) is 17.3. The molecule has 1 saturated heterocycles. The molecule has 128 valence electrons. The molecular weight excluding hydrogens is 342 g/mol. The van der Waals surface area contributed by atoms with Crippen molar-refractivity contribution < 1.29 is 18.3 Å². The molecule has 1 aliphatic heterocycles. The Labute approximate surface area is 142 Å². The molecule has 0 amide bonds. The van der Waals surface area contributed by atoms with Crippen molar-refractivity contribution in [3.8, 4) is 0 Å². The van der Waals surface area contributed by atoms with Crippen molar-refractivity contribution in [3.05, 3.63) is 40.7 Å². The van der Waals surface area contributed by atoms with E-state index in [0.717, 1.165) is 6.07 Å². The van der Waals surface area contributed by atoms with Crippen LogP contribution in [-0.4, -0.2) is 40.7 Å². The summed E-state index contributed by atoms with van der Waals surface area (Å²) in [6.45, 7) is 2.54. The van der Waals surface area contributed by atoms with Crippen LogP contribution < -0.4 is 4.90 Å². The molecule has 1 fully saturated rings. The number of esters is 1. The summed E-state index contributed by atoms with van der Waals surface area (Å²) in [5.74, 6) is -2.68. The number of hydrogen-bond acceptors (Lipinski definition) is 5. The molecule has 6 nitrogen and oxygen atoms in total. The molecule has 0 bridgehead atoms. The van der Waals surface area contributed by atoms with Crippen LogP contribution in [0, 0.1) is 11.6 Å². The van der Waals surface area contributed by atoms with Gasteiger partial charge in [0.2, 0.25) is 0 Å². The van der Waals surface area contributed by atoms with Gasteiger partial charge in [0.15, 0.2) is 5.82 Å². The van der Waals surface area contributed by atoms with E-state index in [1.54, 1.807) is 28.9 Å². The predicted molar refractivity (Wildman–Crippen MR) is 83.2 cm³/mol. The lowest BCUT2D eigenvalue weighted by Gasteiger charge is -2.21. The van der Waals surface area contributed by atoms with Gasteiger partial charge in [-0.25, -0.2) is 18.3 Å². The Morgan fingerprint density at radius 3 is 2.96 bits per heavy atom. The number of aromatic nitrogens is 3. The summed E-state index contributed by atoms with van der Waals surface area (Å²) in [5.41, 5.74) is -0.556. The third-order valence-corrected chi connectivity index (χ3v) is 4.27. The number of ether oxygens (including phenoxy) is 1. The first-order chi connectivity index (χ1) is 11.5. The fraction of sp³-hybridized carbons (Fsp3) is 0.400. The summed E-state index contributed by atoms with van der Waals surface area (Å²) in [4.78, 5) is 13.3. The molecular formula is C15H15ClF2N4O2. The molecule has 3 rings (SSSR count). The smallest absolute Gasteiger partial charge is 0.341 e. The zero-order valence-electron chi connectivity index (χ0n) is 12.9. The summed E-state index contributed by atoms with van der Waals surface area (Å²) < 4.78 is 35.3. The van der Waals surface area contributed by atoms with Crippen LogP contribution >= 0.6 is 11.6 Å². The van der Waals surface area contributed by atoms with Gasteiger partial charge in [-0.3, -0.25) is 0 Å². The molecule has 0 N–H and O–H groups in total. The first kappa shape index (κ1) is 16.6. The van der Waals surface area contributed by atoms with E-state index in [-0.39, 0.29) is 18.3 Å². The van der Waals surface area contributed by atoms with Crippen LogP contribution in [0.3, 0.4) is 0 Å². The molecule has 0 spiro atoms. The molecule has 2 heterocycles. The molecule has 0 saturated carbocycles. The second-order valence-corrected chi connectivity index (χ2v) is 5.75. The second kappa shape index (κ2) is 6.72. The molecule has 0 radical (unpaired) electrons. The molecule has 24 heavy (non-hydrogen) atoms. The standard InChI is InChI=1S/C15H15ClF2N4O2/c1-2-24-15(23)10-7-11(17)14(12(16)13(10)18)21-5-3-9(8-21)22-6-4-19-20-22/h4,6-7,9H,2-3,5,8H2,1H3/t9-/m1/s1. The zero-order valence-corrected chi connectivity index (χ0v) is 13.6. The Morgan fingerprint density at radius 2 is 2.29 bits per heavy atom. The van der Waals surface area contributed by atoms with Gasteiger partial charge in [-0.15, -0.1) is 5.10 Å². The number of halogens is 3. The quantitative estimate of drug-likeness (QED) is 0.622. The van der Waals surface area contributed by atoms with Gasteiger partial charge < -0.3 is 9.64 Å². The van der Waals surface area contributed by atoms with Crippen LogP contribution in [-0.2, 0) is 4.74 Å². The van der Waals surface area contributed by atoms with Crippen LogP contribution in [0.4, 0.5) is 14.5 Å². The molecule has 1 aromatic carbocycles. The van der Waals surface area contributed by atoms with E-state index in [1.807, 2.05) is 0 Å². The van der Waals surface area contributed by atoms with Crippen LogP contribution in [0.15, 0.2) is 18.5 Å². The van der Waals surface area contributed by atoms with E-state index in [9.17, 15) is 13.6 Å². The monoisotopic (exact) mass is 356 g/mol. The summed E-state index contributed by atoms with van der Waals surface area (Å²) in [6, 6.07) is 0.827. The maximum atomic E-state index is 14.5. The lowest BCUT2D eigenvalue weighted by atomic mass is 10.1. The van der Waals surface area contributed by atoms with Gasteiger partial charge in [-0.05, 0) is 19.4 Å². The van der Waals surface area contributed by atoms with Gasteiger partial charge in [-0.2, -0.15) is 0 Å². The molecule has 9 heteroatoms. The SMILES string of the molecule is CCOC(=O)c1cc(F)c(N2CC[C@@H](n3ccnn3)C2)c(Cl)c1F. The van der Waals surface area contributed by atoms with E-state index in [2.05, 4.69) is 10.3 Å². The third kappa shape index (κ3) is 2.93. The largest absolute Gasteiger partial charge is 0.462 e. The van der Waals surface area contributed by atoms with Crippen molar-refractivity contribution in [1.82, 2.24) is 15.0 Å². The fourth-order valence-corrected chi connectivity index (χ4v) is 3.12.